The number of nitrogens with two attached hydrogens (primary N) is 2. The van der Waals surface area contributed by atoms with Crippen LogP contribution in [-0.2, 0) is 9.59 Å². The van der Waals surface area contributed by atoms with Crippen LogP contribution in [-0.4, -0.2) is 68.4 Å². The molecule has 1 fully saturated rings. The van der Waals surface area contributed by atoms with Crippen LogP contribution in [0.25, 0.3) is 22.0 Å². The third-order valence-corrected chi connectivity index (χ3v) is 7.18. The molecule has 0 bridgehead atoms. The Labute approximate surface area is 286 Å². The number of benzene rings is 3. The highest BCUT2D eigenvalue weighted by Gasteiger charge is 2.39. The van der Waals surface area contributed by atoms with Crippen LogP contribution in [0.15, 0.2) is 77.8 Å². The molecule has 0 spiro atoms. The Bertz CT molecular complexity index is 1830. The Morgan fingerprint density at radius 2 is 1.35 bits per heavy atom. The zero-order valence-corrected chi connectivity index (χ0v) is 26.8. The number of halogens is 6. The van der Waals surface area contributed by atoms with Crippen molar-refractivity contribution in [3.8, 4) is 11.1 Å². The van der Waals surface area contributed by atoms with Crippen LogP contribution in [0.3, 0.4) is 0 Å². The molecule has 51 heavy (non-hydrogen) atoms. The van der Waals surface area contributed by atoms with E-state index in [2.05, 4.69) is 20.6 Å². The van der Waals surface area contributed by atoms with E-state index < -0.39 is 24.3 Å². The number of alkyl halides is 6. The second-order valence-electron chi connectivity index (χ2n) is 11.1. The molecule has 1 aliphatic carbocycles. The molecule has 8 N–H and O–H groups in total. The van der Waals surface area contributed by atoms with E-state index >= 15 is 0 Å². The molecule has 0 aliphatic heterocycles. The number of aromatic nitrogens is 2. The van der Waals surface area contributed by atoms with Gasteiger partial charge in [0.25, 0.3) is 5.91 Å². The summed E-state index contributed by atoms with van der Waals surface area (Å²) in [4.78, 5) is 44.6. The van der Waals surface area contributed by atoms with Crippen LogP contribution in [0.5, 0.6) is 0 Å². The molecule has 0 saturated heterocycles. The number of carbonyl (C=O) groups is 3. The highest BCUT2D eigenvalue weighted by molar-refractivity contribution is 6.04. The summed E-state index contributed by atoms with van der Waals surface area (Å²) in [5, 5.41) is 21.6. The van der Waals surface area contributed by atoms with Gasteiger partial charge in [-0.25, -0.2) is 19.6 Å². The maximum absolute atomic E-state index is 13.1. The fourth-order valence-electron chi connectivity index (χ4n) is 4.83. The van der Waals surface area contributed by atoms with Crippen molar-refractivity contribution in [2.45, 2.75) is 57.0 Å². The van der Waals surface area contributed by atoms with E-state index in [4.69, 9.17) is 36.3 Å². The lowest BCUT2D eigenvalue weighted by atomic mass is 9.90. The van der Waals surface area contributed by atoms with Crippen molar-refractivity contribution in [2.75, 3.05) is 10.6 Å². The van der Waals surface area contributed by atoms with Gasteiger partial charge in [0.1, 0.15) is 5.82 Å². The molecule has 18 heteroatoms. The van der Waals surface area contributed by atoms with E-state index in [0.717, 1.165) is 53.3 Å². The molecule has 2 atom stereocenters. The minimum Gasteiger partial charge on any atom is -0.475 e. The van der Waals surface area contributed by atoms with Gasteiger partial charge in [0, 0.05) is 10.9 Å². The van der Waals surface area contributed by atoms with Gasteiger partial charge in [0.15, 0.2) is 5.96 Å². The van der Waals surface area contributed by atoms with Gasteiger partial charge in [-0.1, -0.05) is 66.9 Å². The molecule has 272 valence electrons. The van der Waals surface area contributed by atoms with Crippen molar-refractivity contribution in [2.24, 2.45) is 16.5 Å². The number of aryl methyl sites for hydroxylation is 1. The van der Waals surface area contributed by atoms with Crippen LogP contribution in [0.4, 0.5) is 38.1 Å². The van der Waals surface area contributed by atoms with Gasteiger partial charge >= 0.3 is 24.3 Å². The van der Waals surface area contributed by atoms with Crippen molar-refractivity contribution in [3.05, 3.63) is 83.9 Å². The lowest BCUT2D eigenvalue weighted by Crippen LogP contribution is -2.38. The van der Waals surface area contributed by atoms with Gasteiger partial charge in [0.2, 0.25) is 5.95 Å². The summed E-state index contributed by atoms with van der Waals surface area (Å²) in [7, 11) is 0. The average Bonchev–Trinajstić information content (AvgIpc) is 3.06. The maximum Gasteiger partial charge on any atom is 0.490 e. The molecule has 1 amide bonds. The fourth-order valence-corrected chi connectivity index (χ4v) is 4.83. The minimum absolute atomic E-state index is 0.0311. The monoisotopic (exact) mass is 721 g/mol. The average molecular weight is 722 g/mol. The number of rotatable bonds is 6. The molecule has 5 rings (SSSR count). The zero-order valence-electron chi connectivity index (χ0n) is 26.8. The molecule has 2 unspecified atom stereocenters. The highest BCUT2D eigenvalue weighted by atomic mass is 19.4. The smallest absolute Gasteiger partial charge is 0.475 e. The molecule has 1 heterocycles. The van der Waals surface area contributed by atoms with Crippen LogP contribution in [0.2, 0.25) is 0 Å². The topological polar surface area (TPSA) is 206 Å². The number of amides is 1. The second-order valence-corrected chi connectivity index (χ2v) is 11.1. The molecule has 4 aromatic rings. The Balaban J connectivity index is 0.000000424. The summed E-state index contributed by atoms with van der Waals surface area (Å²) in [6, 6.07) is 23.5. The molecule has 1 aromatic heterocycles. The number of nitrogens with zero attached hydrogens (tertiary/aromatic N) is 3. The van der Waals surface area contributed by atoms with E-state index in [1.807, 2.05) is 79.7 Å². The van der Waals surface area contributed by atoms with E-state index in [9.17, 15) is 31.1 Å². The number of anilines is 2. The highest BCUT2D eigenvalue weighted by Crippen LogP contribution is 2.29. The fraction of sp³-hybridized carbons (Fsp3) is 0.273. The normalized spacial score (nSPS) is 15.6. The van der Waals surface area contributed by atoms with Gasteiger partial charge < -0.3 is 27.0 Å². The van der Waals surface area contributed by atoms with Crippen molar-refractivity contribution >= 4 is 46.5 Å². The van der Waals surface area contributed by atoms with Crippen molar-refractivity contribution in [3.63, 3.8) is 0 Å². The zero-order chi connectivity index (χ0) is 37.9. The SMILES string of the molecule is Cc1ccc2nc(NC(=O)c3ccc(-c4ccccc4)cc3)nc(NC3CCCCC3N=C(N)N)c2c1.O=C(O)C(F)(F)F.O=C(O)C(F)(F)F. The first kappa shape index (κ1) is 39.5. The first-order valence-corrected chi connectivity index (χ1v) is 15.1. The van der Waals surface area contributed by atoms with E-state index in [0.29, 0.717) is 11.4 Å². The number of carboxylic acids is 2. The summed E-state index contributed by atoms with van der Waals surface area (Å²) in [6.45, 7) is 2.03. The number of nitrogens with one attached hydrogen (secondary N) is 2. The summed E-state index contributed by atoms with van der Waals surface area (Å²) < 4.78 is 63.5. The quantitative estimate of drug-likeness (QED) is 0.0764. The van der Waals surface area contributed by atoms with E-state index in [1.54, 1.807) is 0 Å². The van der Waals surface area contributed by atoms with Gasteiger partial charge in [-0.2, -0.15) is 31.3 Å². The van der Waals surface area contributed by atoms with Crippen LogP contribution in [0.1, 0.15) is 41.6 Å². The molecule has 12 nitrogen and oxygen atoms in total. The first-order valence-electron chi connectivity index (χ1n) is 15.1. The maximum atomic E-state index is 13.1. The molecular formula is C33H33F6N7O5. The van der Waals surface area contributed by atoms with Crippen molar-refractivity contribution < 1.29 is 50.9 Å². The van der Waals surface area contributed by atoms with Gasteiger partial charge in [0.05, 0.1) is 17.6 Å². The van der Waals surface area contributed by atoms with Crippen LogP contribution < -0.4 is 22.1 Å². The number of aliphatic imine (C=N–C) groups is 1. The molecule has 0 radical (unpaired) electrons. The number of carbonyl (C=O) groups excluding carboxylic acids is 1. The minimum atomic E-state index is -5.08. The van der Waals surface area contributed by atoms with Crippen molar-refractivity contribution in [1.82, 2.24) is 9.97 Å². The molecular weight excluding hydrogens is 688 g/mol. The number of aliphatic carboxylic acids is 2. The number of hydrogen-bond donors (Lipinski definition) is 6. The summed E-state index contributed by atoms with van der Waals surface area (Å²) in [5.74, 6) is -4.79. The Morgan fingerprint density at radius 1 is 0.804 bits per heavy atom. The Hall–Kier alpha value is -5.94. The summed E-state index contributed by atoms with van der Waals surface area (Å²) in [5.41, 5.74) is 15.9. The molecule has 1 aliphatic rings. The summed E-state index contributed by atoms with van der Waals surface area (Å²) in [6.07, 6.45) is -6.18. The van der Waals surface area contributed by atoms with Gasteiger partial charge in [-0.15, -0.1) is 0 Å². The predicted molar refractivity (Wildman–Crippen MR) is 177 cm³/mol. The molecule has 3 aromatic carbocycles. The Kier molecular flexibility index (Phi) is 13.3. The number of carboxylic acid groups (broad SMARTS) is 2. The first-order chi connectivity index (χ1) is 23.8. The largest absolute Gasteiger partial charge is 0.490 e. The lowest BCUT2D eigenvalue weighted by Gasteiger charge is -2.30. The van der Waals surface area contributed by atoms with Gasteiger partial charge in [-0.05, 0) is 55.2 Å². The number of guanidine groups is 1. The third-order valence-electron chi connectivity index (χ3n) is 7.18. The predicted octanol–water partition coefficient (Wildman–Crippen LogP) is 6.12. The van der Waals surface area contributed by atoms with E-state index in [1.165, 1.54) is 0 Å². The van der Waals surface area contributed by atoms with Crippen LogP contribution in [0, 0.1) is 6.92 Å². The van der Waals surface area contributed by atoms with Gasteiger partial charge in [-0.3, -0.25) is 10.1 Å². The van der Waals surface area contributed by atoms with Crippen LogP contribution >= 0.6 is 0 Å². The number of fused-ring (bicyclic) bond motifs is 1. The number of hydrogen-bond acceptors (Lipinski definition) is 7. The third kappa shape index (κ3) is 12.2. The molecule has 1 saturated carbocycles. The van der Waals surface area contributed by atoms with Crippen molar-refractivity contribution in [1.29, 1.82) is 0 Å². The Morgan fingerprint density at radius 3 is 1.90 bits per heavy atom. The lowest BCUT2D eigenvalue weighted by molar-refractivity contribution is -0.193. The second kappa shape index (κ2) is 17.1. The van der Waals surface area contributed by atoms with E-state index in [-0.39, 0.29) is 29.9 Å². The standard InChI is InChI=1S/C29H31N7O.2C2HF3O2/c1-18-11-16-23-22(17-18)26(32-24-9-5-6-10-25(24)33-28(30)31)35-29(34-23)36-27(37)21-14-12-20(13-15-21)19-7-3-2-4-8-19;2*3-2(4,5)1(6)7/h2-4,7-8,11-17,24-25H,5-6,9-10H2,1H3,(H4,30,31,33)(H2,32,34,35,36,37);2*(H,6,7). The summed E-state index contributed by atoms with van der Waals surface area (Å²) >= 11 is 0.